The molecular weight excluding hydrogens is 212 g/mol. The van der Waals surface area contributed by atoms with Gasteiger partial charge < -0.3 is 20.2 Å². The molecule has 0 saturated carbocycles. The molecule has 88 valence electrons. The number of carboxylic acid groups (broad SMARTS) is 1. The lowest BCUT2D eigenvalue weighted by Gasteiger charge is -2.13. The number of furan rings is 1. The maximum Gasteiger partial charge on any atom is 0.327 e. The van der Waals surface area contributed by atoms with Crippen molar-refractivity contribution in [1.29, 1.82) is 0 Å². The molecule has 1 unspecified atom stereocenters. The highest BCUT2D eigenvalue weighted by Crippen LogP contribution is 1.98. The molecule has 6 nitrogen and oxygen atoms in total. The van der Waals surface area contributed by atoms with Gasteiger partial charge in [-0.2, -0.15) is 0 Å². The molecular formula is C10H14N2O4. The van der Waals surface area contributed by atoms with E-state index in [4.69, 9.17) is 9.52 Å². The molecule has 0 aliphatic carbocycles. The van der Waals surface area contributed by atoms with Gasteiger partial charge in [-0.15, -0.1) is 0 Å². The molecule has 0 saturated heterocycles. The molecule has 1 heterocycles. The second-order valence-electron chi connectivity index (χ2n) is 3.30. The third-order valence-electron chi connectivity index (χ3n) is 1.90. The van der Waals surface area contributed by atoms with Crippen LogP contribution in [-0.2, 0) is 16.1 Å². The van der Waals surface area contributed by atoms with Gasteiger partial charge in [0.2, 0.25) is 5.91 Å². The van der Waals surface area contributed by atoms with Gasteiger partial charge in [-0.25, -0.2) is 4.79 Å². The number of nitrogens with one attached hydrogen (secondary N) is 2. The predicted molar refractivity (Wildman–Crippen MR) is 55.7 cm³/mol. The van der Waals surface area contributed by atoms with Crippen LogP contribution in [0.3, 0.4) is 0 Å². The fourth-order valence-corrected chi connectivity index (χ4v) is 1.20. The number of carbonyl (C=O) groups excluding carboxylic acids is 1. The summed E-state index contributed by atoms with van der Waals surface area (Å²) in [6.07, 6.45) is 1.54. The first-order chi connectivity index (χ1) is 7.59. The summed E-state index contributed by atoms with van der Waals surface area (Å²) in [4.78, 5) is 21.5. The van der Waals surface area contributed by atoms with Crippen molar-refractivity contribution in [2.45, 2.75) is 19.5 Å². The number of carboxylic acids is 1. The second kappa shape index (κ2) is 5.92. The third kappa shape index (κ3) is 4.14. The zero-order valence-corrected chi connectivity index (χ0v) is 8.90. The monoisotopic (exact) mass is 226 g/mol. The molecule has 1 rings (SSSR count). The predicted octanol–water partition coefficient (Wildman–Crippen LogP) is -0.0415. The van der Waals surface area contributed by atoms with Gasteiger partial charge in [-0.3, -0.25) is 4.79 Å². The van der Waals surface area contributed by atoms with Crippen LogP contribution in [0.5, 0.6) is 0 Å². The quantitative estimate of drug-likeness (QED) is 0.633. The molecule has 1 amide bonds. The van der Waals surface area contributed by atoms with Crippen LogP contribution < -0.4 is 10.6 Å². The highest BCUT2D eigenvalue weighted by Gasteiger charge is 2.17. The Morgan fingerprint density at radius 3 is 2.81 bits per heavy atom. The van der Waals surface area contributed by atoms with E-state index < -0.39 is 12.0 Å². The fourth-order valence-electron chi connectivity index (χ4n) is 1.20. The topological polar surface area (TPSA) is 91.6 Å². The molecule has 1 aromatic rings. The van der Waals surface area contributed by atoms with Crippen molar-refractivity contribution in [3.8, 4) is 0 Å². The van der Waals surface area contributed by atoms with Crippen LogP contribution >= 0.6 is 0 Å². The Kier molecular flexibility index (Phi) is 4.53. The molecule has 6 heteroatoms. The molecule has 0 radical (unpaired) electrons. The lowest BCUT2D eigenvalue weighted by Crippen LogP contribution is -2.46. The smallest absolute Gasteiger partial charge is 0.327 e. The maximum atomic E-state index is 10.7. The lowest BCUT2D eigenvalue weighted by molar-refractivity contribution is -0.141. The van der Waals surface area contributed by atoms with E-state index in [0.717, 1.165) is 0 Å². The third-order valence-corrected chi connectivity index (χ3v) is 1.90. The molecule has 0 aliphatic heterocycles. The fraction of sp³-hybridized carbons (Fsp3) is 0.400. The number of carbonyl (C=O) groups is 2. The molecule has 0 bridgehead atoms. The number of aliphatic carboxylic acids is 1. The zero-order valence-electron chi connectivity index (χ0n) is 8.90. The lowest BCUT2D eigenvalue weighted by atomic mass is 10.3. The van der Waals surface area contributed by atoms with Gasteiger partial charge in [0.15, 0.2) is 0 Å². The zero-order chi connectivity index (χ0) is 12.0. The van der Waals surface area contributed by atoms with E-state index >= 15 is 0 Å². The van der Waals surface area contributed by atoms with Crippen molar-refractivity contribution in [2.75, 3.05) is 6.54 Å². The van der Waals surface area contributed by atoms with Gasteiger partial charge >= 0.3 is 5.97 Å². The molecule has 1 aromatic heterocycles. The van der Waals surface area contributed by atoms with Gasteiger partial charge in [0, 0.05) is 13.5 Å². The van der Waals surface area contributed by atoms with E-state index in [1.807, 2.05) is 0 Å². The Morgan fingerprint density at radius 2 is 2.31 bits per heavy atom. The van der Waals surface area contributed by atoms with E-state index in [0.29, 0.717) is 12.3 Å². The van der Waals surface area contributed by atoms with E-state index in [1.54, 1.807) is 18.4 Å². The highest BCUT2D eigenvalue weighted by molar-refractivity contribution is 5.82. The molecule has 0 aromatic carbocycles. The molecule has 3 N–H and O–H groups in total. The minimum absolute atomic E-state index is 0.148. The van der Waals surface area contributed by atoms with Crippen LogP contribution in [0, 0.1) is 0 Å². The second-order valence-corrected chi connectivity index (χ2v) is 3.30. The Labute approximate surface area is 92.6 Å². The minimum Gasteiger partial charge on any atom is -0.480 e. The average molecular weight is 226 g/mol. The minimum atomic E-state index is -1.07. The summed E-state index contributed by atoms with van der Waals surface area (Å²) >= 11 is 0. The van der Waals surface area contributed by atoms with Crippen LogP contribution in [0.1, 0.15) is 12.7 Å². The normalized spacial score (nSPS) is 12.1. The average Bonchev–Trinajstić information content (AvgIpc) is 2.68. The van der Waals surface area contributed by atoms with Crippen LogP contribution in [0.2, 0.25) is 0 Å². The van der Waals surface area contributed by atoms with Crippen molar-refractivity contribution >= 4 is 11.9 Å². The van der Waals surface area contributed by atoms with E-state index in [2.05, 4.69) is 10.6 Å². The highest BCUT2D eigenvalue weighted by atomic mass is 16.4. The Hall–Kier alpha value is -1.82. The summed E-state index contributed by atoms with van der Waals surface area (Å²) in [5, 5.41) is 14.0. The van der Waals surface area contributed by atoms with Gasteiger partial charge in [-0.1, -0.05) is 0 Å². The van der Waals surface area contributed by atoms with E-state index in [9.17, 15) is 9.59 Å². The molecule has 0 fully saturated rings. The van der Waals surface area contributed by atoms with Crippen molar-refractivity contribution in [1.82, 2.24) is 10.6 Å². The largest absolute Gasteiger partial charge is 0.480 e. The Balaban J connectivity index is 2.32. The summed E-state index contributed by atoms with van der Waals surface area (Å²) in [6.45, 7) is 1.86. The summed E-state index contributed by atoms with van der Waals surface area (Å²) < 4.78 is 5.06. The van der Waals surface area contributed by atoms with Crippen LogP contribution in [0.15, 0.2) is 22.8 Å². The first-order valence-corrected chi connectivity index (χ1v) is 4.82. The summed E-state index contributed by atoms with van der Waals surface area (Å²) in [7, 11) is 0. The van der Waals surface area contributed by atoms with Crippen molar-refractivity contribution in [3.63, 3.8) is 0 Å². The number of hydrogen-bond donors (Lipinski definition) is 3. The summed E-state index contributed by atoms with van der Waals surface area (Å²) in [6, 6.07) is 2.60. The number of hydrogen-bond acceptors (Lipinski definition) is 4. The molecule has 0 spiro atoms. The number of amides is 1. The van der Waals surface area contributed by atoms with Gasteiger partial charge in [0.25, 0.3) is 0 Å². The van der Waals surface area contributed by atoms with Crippen molar-refractivity contribution in [3.05, 3.63) is 24.2 Å². The molecule has 0 aliphatic rings. The molecule has 1 atom stereocenters. The Morgan fingerprint density at radius 1 is 1.56 bits per heavy atom. The van der Waals surface area contributed by atoms with Gasteiger partial charge in [0.1, 0.15) is 11.8 Å². The first-order valence-electron chi connectivity index (χ1n) is 4.82. The maximum absolute atomic E-state index is 10.7. The van der Waals surface area contributed by atoms with Crippen LogP contribution in [-0.4, -0.2) is 29.6 Å². The molecule has 16 heavy (non-hydrogen) atoms. The standard InChI is InChI=1S/C10H14N2O4/c1-7(13)12-9(10(14)15)6-11-5-8-3-2-4-16-8/h2-4,9,11H,5-6H2,1H3,(H,12,13)(H,14,15). The van der Waals surface area contributed by atoms with Gasteiger partial charge in [0.05, 0.1) is 12.8 Å². The Bertz CT molecular complexity index is 348. The SMILES string of the molecule is CC(=O)NC(CNCc1ccco1)C(=O)O. The first kappa shape index (κ1) is 12.3. The van der Waals surface area contributed by atoms with E-state index in [1.165, 1.54) is 6.92 Å². The van der Waals surface area contributed by atoms with Crippen molar-refractivity contribution in [2.24, 2.45) is 0 Å². The van der Waals surface area contributed by atoms with Crippen molar-refractivity contribution < 1.29 is 19.1 Å². The van der Waals surface area contributed by atoms with Crippen LogP contribution in [0.4, 0.5) is 0 Å². The van der Waals surface area contributed by atoms with Gasteiger partial charge in [-0.05, 0) is 12.1 Å². The summed E-state index contributed by atoms with van der Waals surface area (Å²) in [5.74, 6) is -0.721. The van der Waals surface area contributed by atoms with Crippen LogP contribution in [0.25, 0.3) is 0 Å². The number of rotatable bonds is 6. The van der Waals surface area contributed by atoms with E-state index in [-0.39, 0.29) is 12.5 Å². The summed E-state index contributed by atoms with van der Waals surface area (Å²) in [5.41, 5.74) is 0.